The topological polar surface area (TPSA) is 35.8 Å². The highest BCUT2D eigenvalue weighted by Crippen LogP contribution is 2.26. The van der Waals surface area contributed by atoms with Gasteiger partial charge in [-0.1, -0.05) is 29.3 Å². The molecule has 0 aliphatic heterocycles. The van der Waals surface area contributed by atoms with Crippen molar-refractivity contribution in [2.24, 2.45) is 0 Å². The molecule has 5 heteroatoms. The van der Waals surface area contributed by atoms with Gasteiger partial charge in [0.25, 0.3) is 0 Å². The van der Waals surface area contributed by atoms with Crippen molar-refractivity contribution in [1.29, 1.82) is 5.26 Å². The van der Waals surface area contributed by atoms with Crippen LogP contribution in [0.2, 0.25) is 10.0 Å². The van der Waals surface area contributed by atoms with Crippen molar-refractivity contribution < 1.29 is 4.39 Å². The first kappa shape index (κ1) is 15.8. The zero-order chi connectivity index (χ0) is 15.4. The molecular weight excluding hydrogens is 310 g/mol. The van der Waals surface area contributed by atoms with Crippen LogP contribution in [-0.2, 0) is 6.54 Å². The van der Waals surface area contributed by atoms with E-state index in [9.17, 15) is 4.39 Å². The molecule has 21 heavy (non-hydrogen) atoms. The van der Waals surface area contributed by atoms with Gasteiger partial charge in [0.05, 0.1) is 11.6 Å². The Morgan fingerprint density at radius 2 is 2.00 bits per heavy atom. The second kappa shape index (κ2) is 6.91. The summed E-state index contributed by atoms with van der Waals surface area (Å²) in [5.41, 5.74) is 1.98. The number of hydrogen-bond acceptors (Lipinski definition) is 2. The van der Waals surface area contributed by atoms with Crippen LogP contribution < -0.4 is 5.32 Å². The number of nitriles is 1. The van der Waals surface area contributed by atoms with Crippen LogP contribution in [-0.4, -0.2) is 0 Å². The molecule has 1 N–H and O–H groups in total. The molecule has 2 rings (SSSR count). The minimum Gasteiger partial charge on any atom is -0.306 e. The maximum absolute atomic E-state index is 13.3. The Balaban J connectivity index is 2.13. The maximum atomic E-state index is 13.3. The van der Waals surface area contributed by atoms with E-state index in [-0.39, 0.29) is 11.9 Å². The van der Waals surface area contributed by atoms with Gasteiger partial charge >= 0.3 is 0 Å². The highest BCUT2D eigenvalue weighted by molar-refractivity contribution is 6.35. The molecule has 2 aromatic rings. The number of halogens is 3. The van der Waals surface area contributed by atoms with Crippen molar-refractivity contribution in [2.75, 3.05) is 0 Å². The van der Waals surface area contributed by atoms with Crippen LogP contribution in [0.4, 0.5) is 4.39 Å². The molecule has 0 radical (unpaired) electrons. The van der Waals surface area contributed by atoms with Crippen LogP contribution in [0.25, 0.3) is 0 Å². The highest BCUT2D eigenvalue weighted by atomic mass is 35.5. The summed E-state index contributed by atoms with van der Waals surface area (Å²) in [6, 6.07) is 11.4. The Morgan fingerprint density at radius 3 is 2.67 bits per heavy atom. The van der Waals surface area contributed by atoms with Crippen LogP contribution in [0.1, 0.15) is 29.7 Å². The smallest absolute Gasteiger partial charge is 0.123 e. The van der Waals surface area contributed by atoms with Crippen molar-refractivity contribution >= 4 is 23.2 Å². The van der Waals surface area contributed by atoms with E-state index in [1.54, 1.807) is 12.1 Å². The molecule has 0 fully saturated rings. The van der Waals surface area contributed by atoms with Crippen molar-refractivity contribution in [2.45, 2.75) is 19.5 Å². The van der Waals surface area contributed by atoms with E-state index in [1.165, 1.54) is 18.2 Å². The molecule has 2 aromatic carbocycles. The monoisotopic (exact) mass is 322 g/mol. The lowest BCUT2D eigenvalue weighted by molar-refractivity contribution is 0.569. The molecule has 0 aromatic heterocycles. The molecule has 0 spiro atoms. The average Bonchev–Trinajstić information content (AvgIpc) is 2.45. The van der Waals surface area contributed by atoms with E-state index in [1.807, 2.05) is 13.0 Å². The van der Waals surface area contributed by atoms with Crippen LogP contribution in [0.5, 0.6) is 0 Å². The molecule has 1 atom stereocenters. The summed E-state index contributed by atoms with van der Waals surface area (Å²) in [4.78, 5) is 0. The third-order valence-corrected chi connectivity index (χ3v) is 3.78. The lowest BCUT2D eigenvalue weighted by Crippen LogP contribution is -2.19. The number of benzene rings is 2. The predicted molar refractivity (Wildman–Crippen MR) is 82.8 cm³/mol. The van der Waals surface area contributed by atoms with Gasteiger partial charge in [-0.25, -0.2) is 4.39 Å². The molecule has 0 aliphatic carbocycles. The largest absolute Gasteiger partial charge is 0.306 e. The first-order chi connectivity index (χ1) is 10.0. The van der Waals surface area contributed by atoms with Crippen LogP contribution >= 0.6 is 23.2 Å². The Hall–Kier alpha value is -1.60. The van der Waals surface area contributed by atoms with Crippen molar-refractivity contribution in [3.63, 3.8) is 0 Å². The summed E-state index contributed by atoms with van der Waals surface area (Å²) in [5.74, 6) is -0.358. The molecule has 1 unspecified atom stereocenters. The molecule has 0 bridgehead atoms. The summed E-state index contributed by atoms with van der Waals surface area (Å²) < 4.78 is 13.3. The van der Waals surface area contributed by atoms with E-state index < -0.39 is 0 Å². The first-order valence-electron chi connectivity index (χ1n) is 6.38. The average molecular weight is 323 g/mol. The van der Waals surface area contributed by atoms with Crippen LogP contribution in [0.15, 0.2) is 36.4 Å². The van der Waals surface area contributed by atoms with Crippen molar-refractivity contribution in [3.05, 3.63) is 69.0 Å². The van der Waals surface area contributed by atoms with E-state index >= 15 is 0 Å². The van der Waals surface area contributed by atoms with Gasteiger partial charge in [-0.3, -0.25) is 0 Å². The number of nitrogens with zero attached hydrogens (tertiary/aromatic N) is 1. The van der Waals surface area contributed by atoms with Gasteiger partial charge in [0.1, 0.15) is 5.82 Å². The fourth-order valence-corrected chi connectivity index (χ4v) is 2.62. The zero-order valence-electron chi connectivity index (χ0n) is 11.3. The lowest BCUT2D eigenvalue weighted by atomic mass is 10.1. The standard InChI is InChI=1S/C16H13Cl2FN2/c1-10(15-5-3-13(17)7-16(15)18)21-9-12-6-14(19)4-2-11(12)8-20/h2-7,10,21H,9H2,1H3. The van der Waals surface area contributed by atoms with Crippen molar-refractivity contribution in [1.82, 2.24) is 5.32 Å². The van der Waals surface area contributed by atoms with Crippen molar-refractivity contribution in [3.8, 4) is 6.07 Å². The second-order valence-corrected chi connectivity index (χ2v) is 5.53. The van der Waals surface area contributed by atoms with Gasteiger partial charge in [-0.05, 0) is 48.4 Å². The van der Waals surface area contributed by atoms with E-state index in [2.05, 4.69) is 11.4 Å². The number of hydrogen-bond donors (Lipinski definition) is 1. The Bertz CT molecular complexity index is 695. The summed E-state index contributed by atoms with van der Waals surface area (Å²) in [5, 5.41) is 13.4. The Labute approximate surface area is 133 Å². The van der Waals surface area contributed by atoms with E-state index in [0.717, 1.165) is 5.56 Å². The minimum atomic E-state index is -0.358. The quantitative estimate of drug-likeness (QED) is 0.872. The fraction of sp³-hybridized carbons (Fsp3) is 0.188. The third-order valence-electron chi connectivity index (χ3n) is 3.22. The summed E-state index contributed by atoms with van der Waals surface area (Å²) in [6.45, 7) is 2.32. The van der Waals surface area contributed by atoms with Gasteiger partial charge in [0, 0.05) is 22.6 Å². The van der Waals surface area contributed by atoms with Gasteiger partial charge in [0.2, 0.25) is 0 Å². The molecule has 0 heterocycles. The predicted octanol–water partition coefficient (Wildman–Crippen LogP) is 4.85. The van der Waals surface area contributed by atoms with E-state index in [4.69, 9.17) is 28.5 Å². The highest BCUT2D eigenvalue weighted by Gasteiger charge is 2.11. The lowest BCUT2D eigenvalue weighted by Gasteiger charge is -2.16. The third kappa shape index (κ3) is 3.95. The molecule has 2 nitrogen and oxygen atoms in total. The van der Waals surface area contributed by atoms with Crippen LogP contribution in [0, 0.1) is 17.1 Å². The first-order valence-corrected chi connectivity index (χ1v) is 7.13. The summed E-state index contributed by atoms with van der Waals surface area (Å²) in [7, 11) is 0. The summed E-state index contributed by atoms with van der Waals surface area (Å²) >= 11 is 12.0. The van der Waals surface area contributed by atoms with Crippen LogP contribution in [0.3, 0.4) is 0 Å². The molecule has 0 saturated heterocycles. The fourth-order valence-electron chi connectivity index (χ4n) is 2.04. The normalized spacial score (nSPS) is 12.0. The van der Waals surface area contributed by atoms with Gasteiger partial charge in [-0.15, -0.1) is 0 Å². The zero-order valence-corrected chi connectivity index (χ0v) is 12.8. The SMILES string of the molecule is CC(NCc1cc(F)ccc1C#N)c1ccc(Cl)cc1Cl. The van der Waals surface area contributed by atoms with Gasteiger partial charge in [-0.2, -0.15) is 5.26 Å². The minimum absolute atomic E-state index is 0.0513. The number of rotatable bonds is 4. The van der Waals surface area contributed by atoms with E-state index in [0.29, 0.717) is 27.7 Å². The molecule has 108 valence electrons. The Morgan fingerprint density at radius 1 is 1.24 bits per heavy atom. The molecule has 0 amide bonds. The summed E-state index contributed by atoms with van der Waals surface area (Å²) in [6.07, 6.45) is 0. The number of nitrogens with one attached hydrogen (secondary N) is 1. The molecular formula is C16H13Cl2FN2. The molecule has 0 saturated carbocycles. The van der Waals surface area contributed by atoms with Gasteiger partial charge < -0.3 is 5.32 Å². The Kier molecular flexibility index (Phi) is 5.19. The second-order valence-electron chi connectivity index (χ2n) is 4.68. The van der Waals surface area contributed by atoms with Gasteiger partial charge in [0.15, 0.2) is 0 Å². The maximum Gasteiger partial charge on any atom is 0.123 e. The molecule has 0 aliphatic rings.